The number of thiophene rings is 1. The summed E-state index contributed by atoms with van der Waals surface area (Å²) in [4.78, 5) is 23.6. The molecule has 3 heterocycles. The summed E-state index contributed by atoms with van der Waals surface area (Å²) in [5, 5.41) is 4.00. The molecule has 0 saturated heterocycles. The highest BCUT2D eigenvalue weighted by atomic mass is 32.2. The fraction of sp³-hybridized carbons (Fsp3) is 0.350. The summed E-state index contributed by atoms with van der Waals surface area (Å²) >= 11 is 2.90. The van der Waals surface area contributed by atoms with Gasteiger partial charge in [-0.3, -0.25) is 4.79 Å². The van der Waals surface area contributed by atoms with Crippen LogP contribution in [0.15, 0.2) is 35.5 Å². The van der Waals surface area contributed by atoms with E-state index in [-0.39, 0.29) is 16.8 Å². The lowest BCUT2D eigenvalue weighted by Crippen LogP contribution is -2.31. The molecule has 4 rings (SSSR count). The number of benzene rings is 1. The number of nitrogens with one attached hydrogen (secondary N) is 1. The summed E-state index contributed by atoms with van der Waals surface area (Å²) in [7, 11) is 0. The molecule has 28 heavy (non-hydrogen) atoms. The molecule has 2 aromatic heterocycles. The Balaban J connectivity index is 1.56. The van der Waals surface area contributed by atoms with Crippen LogP contribution in [-0.2, 0) is 22.6 Å². The molecule has 1 aliphatic heterocycles. The highest BCUT2D eigenvalue weighted by Gasteiger charge is 2.31. The quantitative estimate of drug-likeness (QED) is 0.490. The first-order valence-corrected chi connectivity index (χ1v) is 10.8. The Morgan fingerprint density at radius 1 is 1.32 bits per heavy atom. The van der Waals surface area contributed by atoms with Gasteiger partial charge in [-0.2, -0.15) is 0 Å². The van der Waals surface area contributed by atoms with Gasteiger partial charge in [0.05, 0.1) is 22.8 Å². The Hall–Kier alpha value is -2.16. The number of thioether (sulfide) groups is 1. The molecule has 0 radical (unpaired) electrons. The number of nitrogens with zero attached hydrogens (tertiary/aromatic N) is 2. The summed E-state index contributed by atoms with van der Waals surface area (Å²) in [6.07, 6.45) is 0.790. The van der Waals surface area contributed by atoms with Crippen molar-refractivity contribution in [1.29, 1.82) is 0 Å². The molecule has 6 nitrogen and oxygen atoms in total. The van der Waals surface area contributed by atoms with Crippen molar-refractivity contribution in [3.8, 4) is 0 Å². The van der Waals surface area contributed by atoms with Crippen molar-refractivity contribution >= 4 is 50.7 Å². The summed E-state index contributed by atoms with van der Waals surface area (Å²) < 4.78 is 5.91. The molecule has 0 bridgehead atoms. The Morgan fingerprint density at radius 2 is 2.07 bits per heavy atom. The third-order valence-electron chi connectivity index (χ3n) is 4.63. The number of aromatic nitrogens is 2. The molecule has 3 N–H and O–H groups in total. The van der Waals surface area contributed by atoms with Gasteiger partial charge in [-0.05, 0) is 38.5 Å². The lowest BCUT2D eigenvalue weighted by molar-refractivity contribution is -0.115. The molecule has 0 saturated carbocycles. The highest BCUT2D eigenvalue weighted by Crippen LogP contribution is 2.41. The monoisotopic (exact) mass is 414 g/mol. The number of nitrogen functional groups attached to an aromatic ring is 1. The zero-order chi connectivity index (χ0) is 19.9. The van der Waals surface area contributed by atoms with Crippen molar-refractivity contribution in [2.45, 2.75) is 49.8 Å². The van der Waals surface area contributed by atoms with Gasteiger partial charge in [0.1, 0.15) is 10.6 Å². The number of ether oxygens (including phenoxy) is 1. The van der Waals surface area contributed by atoms with Crippen LogP contribution in [0.5, 0.6) is 0 Å². The van der Waals surface area contributed by atoms with Crippen LogP contribution >= 0.6 is 23.1 Å². The number of amides is 1. The lowest BCUT2D eigenvalue weighted by Gasteiger charge is -2.30. The average molecular weight is 415 g/mol. The molecule has 1 amide bonds. The number of para-hydroxylation sites is 1. The Morgan fingerprint density at radius 3 is 2.82 bits per heavy atom. The topological polar surface area (TPSA) is 90.1 Å². The van der Waals surface area contributed by atoms with E-state index in [2.05, 4.69) is 29.1 Å². The van der Waals surface area contributed by atoms with Crippen LogP contribution in [0.4, 0.5) is 11.5 Å². The zero-order valence-corrected chi connectivity index (χ0v) is 17.6. The SMILES string of the molecule is CC(Sc1nc(N)c2c3c(sc2n1)COC(C)(C)C3)C(=O)Nc1ccccc1. The first kappa shape index (κ1) is 19.2. The number of fused-ring (bicyclic) bond motifs is 3. The second kappa shape index (κ2) is 7.35. The van der Waals surface area contributed by atoms with Crippen molar-refractivity contribution in [3.05, 3.63) is 40.8 Å². The molecule has 1 atom stereocenters. The molecule has 0 fully saturated rings. The van der Waals surface area contributed by atoms with Crippen molar-refractivity contribution in [3.63, 3.8) is 0 Å². The van der Waals surface area contributed by atoms with Gasteiger partial charge >= 0.3 is 0 Å². The Kier molecular flexibility index (Phi) is 5.03. The van der Waals surface area contributed by atoms with E-state index in [0.29, 0.717) is 17.6 Å². The molecular weight excluding hydrogens is 392 g/mol. The molecule has 1 unspecified atom stereocenters. The molecular formula is C20H22N4O2S2. The second-order valence-electron chi connectivity index (χ2n) is 7.42. The van der Waals surface area contributed by atoms with E-state index in [9.17, 15) is 4.79 Å². The van der Waals surface area contributed by atoms with E-state index >= 15 is 0 Å². The maximum Gasteiger partial charge on any atom is 0.237 e. The molecule has 0 spiro atoms. The van der Waals surface area contributed by atoms with Crippen molar-refractivity contribution < 1.29 is 9.53 Å². The fourth-order valence-corrected chi connectivity index (χ4v) is 5.13. The number of rotatable bonds is 4. The van der Waals surface area contributed by atoms with Gasteiger partial charge in [0.15, 0.2) is 5.16 Å². The van der Waals surface area contributed by atoms with E-state index in [4.69, 9.17) is 10.5 Å². The summed E-state index contributed by atoms with van der Waals surface area (Å²) in [5.74, 6) is 0.373. The van der Waals surface area contributed by atoms with Crippen molar-refractivity contribution in [2.75, 3.05) is 11.1 Å². The maximum absolute atomic E-state index is 12.5. The van der Waals surface area contributed by atoms with Crippen LogP contribution in [0.2, 0.25) is 0 Å². The van der Waals surface area contributed by atoms with Gasteiger partial charge in [0.25, 0.3) is 0 Å². The lowest BCUT2D eigenvalue weighted by atomic mass is 9.94. The van der Waals surface area contributed by atoms with Crippen LogP contribution in [0.3, 0.4) is 0 Å². The number of carbonyl (C=O) groups excluding carboxylic acids is 1. The molecule has 8 heteroatoms. The summed E-state index contributed by atoms with van der Waals surface area (Å²) in [6.45, 7) is 6.56. The van der Waals surface area contributed by atoms with Crippen LogP contribution in [0, 0.1) is 0 Å². The van der Waals surface area contributed by atoms with Crippen LogP contribution < -0.4 is 11.1 Å². The van der Waals surface area contributed by atoms with Crippen LogP contribution in [0.1, 0.15) is 31.2 Å². The number of hydrogen-bond acceptors (Lipinski definition) is 7. The smallest absolute Gasteiger partial charge is 0.237 e. The number of anilines is 2. The maximum atomic E-state index is 12.5. The number of hydrogen-bond donors (Lipinski definition) is 2. The standard InChI is InChI=1S/C20H22N4O2S2/c1-11(17(25)22-12-7-5-4-6-8-12)27-19-23-16(21)15-13-9-20(2,3)26-10-14(13)28-18(15)24-19/h4-8,11H,9-10H2,1-3H3,(H,22,25)(H2,21,23,24). The van der Waals surface area contributed by atoms with E-state index in [1.165, 1.54) is 17.3 Å². The normalized spacial score (nSPS) is 16.5. The number of nitrogens with two attached hydrogens (primary N) is 1. The van der Waals surface area contributed by atoms with Crippen LogP contribution in [-0.4, -0.2) is 26.7 Å². The Labute approximate surface area is 171 Å². The zero-order valence-electron chi connectivity index (χ0n) is 16.0. The average Bonchev–Trinajstić information content (AvgIpc) is 2.99. The third kappa shape index (κ3) is 3.85. The molecule has 146 valence electrons. The van der Waals surface area contributed by atoms with Gasteiger partial charge in [-0.1, -0.05) is 30.0 Å². The molecule has 1 aromatic carbocycles. The van der Waals surface area contributed by atoms with E-state index in [0.717, 1.165) is 27.2 Å². The molecule has 3 aromatic rings. The van der Waals surface area contributed by atoms with E-state index in [1.807, 2.05) is 37.3 Å². The van der Waals surface area contributed by atoms with Crippen LogP contribution in [0.25, 0.3) is 10.2 Å². The minimum absolute atomic E-state index is 0.0981. The molecule has 1 aliphatic rings. The molecule has 0 aliphatic carbocycles. The van der Waals surface area contributed by atoms with Gasteiger partial charge in [0, 0.05) is 17.0 Å². The first-order valence-electron chi connectivity index (χ1n) is 9.07. The largest absolute Gasteiger partial charge is 0.383 e. The van der Waals surface area contributed by atoms with Gasteiger partial charge in [0.2, 0.25) is 5.91 Å². The van der Waals surface area contributed by atoms with Crippen molar-refractivity contribution in [1.82, 2.24) is 9.97 Å². The predicted octanol–water partition coefficient (Wildman–Crippen LogP) is 4.24. The van der Waals surface area contributed by atoms with Gasteiger partial charge < -0.3 is 15.8 Å². The van der Waals surface area contributed by atoms with Crippen molar-refractivity contribution in [2.24, 2.45) is 0 Å². The minimum atomic E-state index is -0.353. The first-order chi connectivity index (χ1) is 13.3. The summed E-state index contributed by atoms with van der Waals surface area (Å²) in [5.41, 5.74) is 8.04. The number of carbonyl (C=O) groups is 1. The third-order valence-corrected chi connectivity index (χ3v) is 6.69. The second-order valence-corrected chi connectivity index (χ2v) is 9.81. The van der Waals surface area contributed by atoms with Gasteiger partial charge in [-0.25, -0.2) is 9.97 Å². The predicted molar refractivity (Wildman–Crippen MR) is 115 cm³/mol. The van der Waals surface area contributed by atoms with E-state index in [1.54, 1.807) is 11.3 Å². The van der Waals surface area contributed by atoms with Gasteiger partial charge in [-0.15, -0.1) is 11.3 Å². The van der Waals surface area contributed by atoms with E-state index < -0.39 is 0 Å². The summed E-state index contributed by atoms with van der Waals surface area (Å²) in [6, 6.07) is 9.39. The fourth-order valence-electron chi connectivity index (χ4n) is 3.18. The minimum Gasteiger partial charge on any atom is -0.383 e. The Bertz CT molecular complexity index is 1030. The highest BCUT2D eigenvalue weighted by molar-refractivity contribution is 8.00.